The molecule has 0 spiro atoms. The Kier molecular flexibility index (Phi) is 5.19. The monoisotopic (exact) mass is 206 g/mol. The maximum atomic E-state index is 3.56. The van der Waals surface area contributed by atoms with Gasteiger partial charge in [-0.05, 0) is 32.0 Å². The van der Waals surface area contributed by atoms with Gasteiger partial charge in [0.05, 0.1) is 0 Å². The highest BCUT2D eigenvalue weighted by molar-refractivity contribution is 5.51. The number of benzene rings is 1. The highest BCUT2D eigenvalue weighted by atomic mass is 14.9. The van der Waals surface area contributed by atoms with Crippen molar-refractivity contribution in [1.29, 1.82) is 0 Å². The predicted octanol–water partition coefficient (Wildman–Crippen LogP) is 3.01. The van der Waals surface area contributed by atoms with E-state index in [-0.39, 0.29) is 0 Å². The van der Waals surface area contributed by atoms with Crippen molar-refractivity contribution < 1.29 is 0 Å². The first kappa shape index (κ1) is 12.1. The van der Waals surface area contributed by atoms with Crippen LogP contribution in [-0.2, 0) is 6.54 Å². The molecule has 2 N–H and O–H groups in total. The summed E-state index contributed by atoms with van der Waals surface area (Å²) in [5, 5.41) is 6.75. The molecule has 1 unspecified atom stereocenters. The van der Waals surface area contributed by atoms with Gasteiger partial charge >= 0.3 is 0 Å². The van der Waals surface area contributed by atoms with Crippen LogP contribution in [-0.4, -0.2) is 13.1 Å². The van der Waals surface area contributed by atoms with E-state index in [1.807, 2.05) is 7.05 Å². The second-order valence-electron chi connectivity index (χ2n) is 4.02. The molecule has 1 rings (SSSR count). The van der Waals surface area contributed by atoms with Crippen LogP contribution in [0.15, 0.2) is 24.3 Å². The van der Waals surface area contributed by atoms with Crippen molar-refractivity contribution in [3.63, 3.8) is 0 Å². The van der Waals surface area contributed by atoms with Crippen LogP contribution in [0.2, 0.25) is 0 Å². The first-order valence-corrected chi connectivity index (χ1v) is 5.77. The van der Waals surface area contributed by atoms with E-state index in [1.54, 1.807) is 0 Å². The molecule has 0 radical (unpaired) electrons. The van der Waals surface area contributed by atoms with Gasteiger partial charge in [0, 0.05) is 18.3 Å². The second-order valence-corrected chi connectivity index (χ2v) is 4.02. The summed E-state index contributed by atoms with van der Waals surface area (Å²) < 4.78 is 0. The second kappa shape index (κ2) is 6.46. The summed E-state index contributed by atoms with van der Waals surface area (Å²) >= 11 is 0. The van der Waals surface area contributed by atoms with Crippen molar-refractivity contribution in [2.24, 2.45) is 0 Å². The minimum absolute atomic E-state index is 0.549. The Labute approximate surface area is 93.1 Å². The molecule has 1 aromatic carbocycles. The summed E-state index contributed by atoms with van der Waals surface area (Å²) in [6.45, 7) is 5.37. The number of anilines is 1. The van der Waals surface area contributed by atoms with Crippen molar-refractivity contribution >= 4 is 5.69 Å². The van der Waals surface area contributed by atoms with E-state index < -0.39 is 0 Å². The van der Waals surface area contributed by atoms with Crippen LogP contribution in [0.4, 0.5) is 5.69 Å². The molecule has 0 bridgehead atoms. The molecule has 84 valence electrons. The summed E-state index contributed by atoms with van der Waals surface area (Å²) in [5.74, 6) is 0. The largest absolute Gasteiger partial charge is 0.382 e. The lowest BCUT2D eigenvalue weighted by Gasteiger charge is -2.17. The number of hydrogen-bond acceptors (Lipinski definition) is 2. The summed E-state index contributed by atoms with van der Waals surface area (Å²) in [5.41, 5.74) is 2.59. The molecule has 0 aliphatic rings. The standard InChI is InChI=1S/C13H22N2/c1-4-7-11(2)15-13-9-6-5-8-12(13)10-14-3/h5-6,8-9,11,14-15H,4,7,10H2,1-3H3. The first-order valence-electron chi connectivity index (χ1n) is 5.77. The van der Waals surface area contributed by atoms with Crippen molar-refractivity contribution in [2.75, 3.05) is 12.4 Å². The van der Waals surface area contributed by atoms with Gasteiger partial charge in [-0.25, -0.2) is 0 Å². The highest BCUT2D eigenvalue weighted by Crippen LogP contribution is 2.16. The van der Waals surface area contributed by atoms with Gasteiger partial charge in [0.15, 0.2) is 0 Å². The van der Waals surface area contributed by atoms with Gasteiger partial charge in [-0.15, -0.1) is 0 Å². The van der Waals surface area contributed by atoms with Crippen LogP contribution in [0.3, 0.4) is 0 Å². The molecule has 0 aliphatic heterocycles. The van der Waals surface area contributed by atoms with E-state index in [2.05, 4.69) is 48.7 Å². The fourth-order valence-corrected chi connectivity index (χ4v) is 1.78. The third-order valence-electron chi connectivity index (χ3n) is 2.51. The van der Waals surface area contributed by atoms with Crippen LogP contribution in [0.1, 0.15) is 32.3 Å². The fourth-order valence-electron chi connectivity index (χ4n) is 1.78. The van der Waals surface area contributed by atoms with Crippen LogP contribution in [0.25, 0.3) is 0 Å². The van der Waals surface area contributed by atoms with E-state index in [0.29, 0.717) is 6.04 Å². The van der Waals surface area contributed by atoms with Crippen molar-refractivity contribution in [1.82, 2.24) is 5.32 Å². The molecular weight excluding hydrogens is 184 g/mol. The minimum atomic E-state index is 0.549. The normalized spacial score (nSPS) is 12.5. The van der Waals surface area contributed by atoms with Gasteiger partial charge < -0.3 is 10.6 Å². The van der Waals surface area contributed by atoms with E-state index >= 15 is 0 Å². The van der Waals surface area contributed by atoms with Gasteiger partial charge in [-0.2, -0.15) is 0 Å². The summed E-state index contributed by atoms with van der Waals surface area (Å²) in [6, 6.07) is 9.03. The number of hydrogen-bond donors (Lipinski definition) is 2. The Morgan fingerprint density at radius 1 is 1.27 bits per heavy atom. The van der Waals surface area contributed by atoms with Crippen molar-refractivity contribution in [3.05, 3.63) is 29.8 Å². The van der Waals surface area contributed by atoms with Crippen LogP contribution >= 0.6 is 0 Å². The van der Waals surface area contributed by atoms with Crippen molar-refractivity contribution in [2.45, 2.75) is 39.3 Å². The molecule has 2 nitrogen and oxygen atoms in total. The lowest BCUT2D eigenvalue weighted by molar-refractivity contribution is 0.688. The summed E-state index contributed by atoms with van der Waals surface area (Å²) in [4.78, 5) is 0. The van der Waals surface area contributed by atoms with Gasteiger partial charge in [0.2, 0.25) is 0 Å². The van der Waals surface area contributed by atoms with Gasteiger partial charge in [0.25, 0.3) is 0 Å². The number of para-hydroxylation sites is 1. The number of rotatable bonds is 6. The van der Waals surface area contributed by atoms with E-state index in [4.69, 9.17) is 0 Å². The minimum Gasteiger partial charge on any atom is -0.382 e. The molecule has 2 heteroatoms. The smallest absolute Gasteiger partial charge is 0.0387 e. The topological polar surface area (TPSA) is 24.1 Å². The molecule has 0 saturated heterocycles. The zero-order chi connectivity index (χ0) is 11.1. The Morgan fingerprint density at radius 3 is 2.67 bits per heavy atom. The Balaban J connectivity index is 2.66. The molecular formula is C13H22N2. The fraction of sp³-hybridized carbons (Fsp3) is 0.538. The molecule has 1 aromatic rings. The molecule has 0 aliphatic carbocycles. The van der Waals surface area contributed by atoms with Crippen LogP contribution < -0.4 is 10.6 Å². The zero-order valence-corrected chi connectivity index (χ0v) is 10.0. The van der Waals surface area contributed by atoms with Gasteiger partial charge in [-0.3, -0.25) is 0 Å². The maximum absolute atomic E-state index is 3.56. The van der Waals surface area contributed by atoms with Gasteiger partial charge in [0.1, 0.15) is 0 Å². The average Bonchev–Trinajstić information content (AvgIpc) is 2.21. The Bertz CT molecular complexity index is 284. The molecule has 0 amide bonds. The lowest BCUT2D eigenvalue weighted by atomic mass is 10.1. The molecule has 0 saturated carbocycles. The first-order chi connectivity index (χ1) is 7.27. The summed E-state index contributed by atoms with van der Waals surface area (Å²) in [6.07, 6.45) is 2.44. The van der Waals surface area contributed by atoms with Crippen LogP contribution in [0, 0.1) is 0 Å². The molecule has 0 aromatic heterocycles. The lowest BCUT2D eigenvalue weighted by Crippen LogP contribution is -2.17. The van der Waals surface area contributed by atoms with Crippen molar-refractivity contribution in [3.8, 4) is 0 Å². The SMILES string of the molecule is CCCC(C)Nc1ccccc1CNC. The number of nitrogens with one attached hydrogen (secondary N) is 2. The zero-order valence-electron chi connectivity index (χ0n) is 10.0. The molecule has 15 heavy (non-hydrogen) atoms. The molecule has 1 atom stereocenters. The van der Waals surface area contributed by atoms with Gasteiger partial charge in [-0.1, -0.05) is 31.5 Å². The molecule has 0 fully saturated rings. The molecule has 0 heterocycles. The third-order valence-corrected chi connectivity index (χ3v) is 2.51. The Hall–Kier alpha value is -1.02. The highest BCUT2D eigenvalue weighted by Gasteiger charge is 2.04. The van der Waals surface area contributed by atoms with Crippen LogP contribution in [0.5, 0.6) is 0 Å². The average molecular weight is 206 g/mol. The summed E-state index contributed by atoms with van der Waals surface area (Å²) in [7, 11) is 1.98. The van der Waals surface area contributed by atoms with E-state index in [9.17, 15) is 0 Å². The Morgan fingerprint density at radius 2 is 2.00 bits per heavy atom. The quantitative estimate of drug-likeness (QED) is 0.747. The predicted molar refractivity (Wildman–Crippen MR) is 67.2 cm³/mol. The third kappa shape index (κ3) is 3.92. The van der Waals surface area contributed by atoms with E-state index in [1.165, 1.54) is 24.1 Å². The maximum Gasteiger partial charge on any atom is 0.0387 e. The van der Waals surface area contributed by atoms with E-state index in [0.717, 1.165) is 6.54 Å².